The maximum Gasteiger partial charge on any atom is 0.270 e. The Morgan fingerprint density at radius 2 is 1.91 bits per heavy atom. The molecule has 1 aliphatic heterocycles. The second-order valence-corrected chi connectivity index (χ2v) is 8.93. The molecule has 2 aromatic carbocycles. The molecule has 1 aromatic heterocycles. The summed E-state index contributed by atoms with van der Waals surface area (Å²) in [4.78, 5) is 40.1. The number of nitrogens with one attached hydrogen (secondary N) is 1. The Labute approximate surface area is 198 Å². The van der Waals surface area contributed by atoms with Crippen molar-refractivity contribution in [2.75, 3.05) is 45.2 Å². The zero-order valence-electron chi connectivity index (χ0n) is 17.7. The van der Waals surface area contributed by atoms with Crippen molar-refractivity contribution in [1.29, 1.82) is 0 Å². The molecule has 11 heteroatoms. The molecule has 1 aliphatic rings. The number of carbonyl (C=O) groups excluding carboxylic acids is 2. The van der Waals surface area contributed by atoms with Gasteiger partial charge in [0.25, 0.3) is 11.6 Å². The molecule has 0 radical (unpaired) electrons. The lowest BCUT2D eigenvalue weighted by Gasteiger charge is -2.34. The quantitative estimate of drug-likeness (QED) is 0.417. The minimum Gasteiger partial charge on any atom is -0.495 e. The standard InChI is InChI=1S/C22H21ClN4O5S/c1-32-17-5-3-2-4-16(17)24-19(28)13-25-8-10-26(11-9-25)22(29)21-20(23)15-7-6-14(27(30)31)12-18(15)33-21/h2-7,12H,8-11,13H2,1H3,(H,24,28). The molecule has 1 fully saturated rings. The number of hydrogen-bond donors (Lipinski definition) is 1. The smallest absolute Gasteiger partial charge is 0.270 e. The van der Waals surface area contributed by atoms with Crippen LogP contribution in [0.3, 0.4) is 0 Å². The zero-order valence-corrected chi connectivity index (χ0v) is 19.3. The first-order valence-corrected chi connectivity index (χ1v) is 11.4. The summed E-state index contributed by atoms with van der Waals surface area (Å²) in [7, 11) is 1.55. The lowest BCUT2D eigenvalue weighted by molar-refractivity contribution is -0.384. The van der Waals surface area contributed by atoms with E-state index < -0.39 is 4.92 Å². The number of carbonyl (C=O) groups is 2. The normalized spacial score (nSPS) is 14.3. The molecule has 9 nitrogen and oxygen atoms in total. The topological polar surface area (TPSA) is 105 Å². The molecule has 1 saturated heterocycles. The van der Waals surface area contributed by atoms with Gasteiger partial charge in [0.05, 0.1) is 29.3 Å². The van der Waals surface area contributed by atoms with E-state index in [-0.39, 0.29) is 24.0 Å². The lowest BCUT2D eigenvalue weighted by Crippen LogP contribution is -2.50. The SMILES string of the molecule is COc1ccccc1NC(=O)CN1CCN(C(=O)c2sc3cc([N+](=O)[O-])ccc3c2Cl)CC1. The molecule has 0 aliphatic carbocycles. The third-order valence-electron chi connectivity index (χ3n) is 5.43. The van der Waals surface area contributed by atoms with Crippen molar-refractivity contribution in [2.24, 2.45) is 0 Å². The number of anilines is 1. The number of fused-ring (bicyclic) bond motifs is 1. The molecule has 33 heavy (non-hydrogen) atoms. The molecule has 0 saturated carbocycles. The summed E-state index contributed by atoms with van der Waals surface area (Å²) < 4.78 is 5.85. The van der Waals surface area contributed by atoms with E-state index in [1.807, 2.05) is 17.0 Å². The van der Waals surface area contributed by atoms with E-state index in [4.69, 9.17) is 16.3 Å². The van der Waals surface area contributed by atoms with Crippen LogP contribution in [-0.4, -0.2) is 66.4 Å². The Morgan fingerprint density at radius 3 is 2.61 bits per heavy atom. The number of thiophene rings is 1. The van der Waals surface area contributed by atoms with Gasteiger partial charge in [-0.25, -0.2) is 0 Å². The van der Waals surface area contributed by atoms with Gasteiger partial charge in [0.1, 0.15) is 10.6 Å². The van der Waals surface area contributed by atoms with Gasteiger partial charge in [0.2, 0.25) is 5.91 Å². The summed E-state index contributed by atoms with van der Waals surface area (Å²) in [5.74, 6) is 0.224. The molecule has 0 atom stereocenters. The number of nitro groups is 1. The van der Waals surface area contributed by atoms with Gasteiger partial charge in [-0.3, -0.25) is 24.6 Å². The van der Waals surface area contributed by atoms with Crippen LogP contribution in [0.4, 0.5) is 11.4 Å². The maximum absolute atomic E-state index is 13.1. The van der Waals surface area contributed by atoms with Gasteiger partial charge in [-0.05, 0) is 18.2 Å². The van der Waals surface area contributed by atoms with E-state index >= 15 is 0 Å². The monoisotopic (exact) mass is 488 g/mol. The van der Waals surface area contributed by atoms with Gasteiger partial charge >= 0.3 is 0 Å². The average Bonchev–Trinajstić information content (AvgIpc) is 3.15. The summed E-state index contributed by atoms with van der Waals surface area (Å²) in [5, 5.41) is 14.8. The van der Waals surface area contributed by atoms with Crippen LogP contribution in [-0.2, 0) is 4.79 Å². The van der Waals surface area contributed by atoms with Crippen LogP contribution in [0, 0.1) is 10.1 Å². The lowest BCUT2D eigenvalue weighted by atomic mass is 10.2. The minimum atomic E-state index is -0.474. The van der Waals surface area contributed by atoms with Crippen LogP contribution >= 0.6 is 22.9 Å². The minimum absolute atomic E-state index is 0.0422. The molecule has 0 unspecified atom stereocenters. The second kappa shape index (κ2) is 9.74. The van der Waals surface area contributed by atoms with Crippen LogP contribution < -0.4 is 10.1 Å². The molecule has 0 bridgehead atoms. The third kappa shape index (κ3) is 4.92. The number of non-ortho nitro benzene ring substituents is 1. The summed E-state index contributed by atoms with van der Waals surface area (Å²) >= 11 is 7.58. The molecule has 3 aromatic rings. The van der Waals surface area contributed by atoms with Crippen molar-refractivity contribution >= 4 is 56.2 Å². The predicted octanol–water partition coefficient (Wildman–Crippen LogP) is 3.87. The summed E-state index contributed by atoms with van der Waals surface area (Å²) in [6.45, 7) is 2.18. The fraction of sp³-hybridized carbons (Fsp3) is 0.273. The molecular formula is C22H21ClN4O5S. The highest BCUT2D eigenvalue weighted by Gasteiger charge is 2.27. The number of hydrogen-bond acceptors (Lipinski definition) is 7. The third-order valence-corrected chi connectivity index (χ3v) is 7.07. The highest BCUT2D eigenvalue weighted by molar-refractivity contribution is 7.21. The molecule has 172 valence electrons. The fourth-order valence-corrected chi connectivity index (χ4v) is 5.21. The van der Waals surface area contributed by atoms with Crippen LogP contribution in [0.1, 0.15) is 9.67 Å². The van der Waals surface area contributed by atoms with Crippen molar-refractivity contribution in [3.8, 4) is 5.75 Å². The maximum atomic E-state index is 13.1. The van der Waals surface area contributed by atoms with E-state index in [1.165, 1.54) is 12.1 Å². The second-order valence-electron chi connectivity index (χ2n) is 7.50. The summed E-state index contributed by atoms with van der Waals surface area (Å²) in [6, 6.07) is 11.6. The molecular weight excluding hydrogens is 468 g/mol. The Bertz CT molecular complexity index is 1220. The average molecular weight is 489 g/mol. The van der Waals surface area contributed by atoms with E-state index in [1.54, 1.807) is 30.2 Å². The number of ether oxygens (including phenoxy) is 1. The van der Waals surface area contributed by atoms with Crippen molar-refractivity contribution in [3.05, 3.63) is 62.5 Å². The first kappa shape index (κ1) is 23.0. The van der Waals surface area contributed by atoms with E-state index in [2.05, 4.69) is 5.32 Å². The Morgan fingerprint density at radius 1 is 1.18 bits per heavy atom. The summed E-state index contributed by atoms with van der Waals surface area (Å²) in [6.07, 6.45) is 0. The first-order valence-electron chi connectivity index (χ1n) is 10.2. The number of rotatable bonds is 6. The Hall–Kier alpha value is -3.21. The molecule has 4 rings (SSSR count). The van der Waals surface area contributed by atoms with Crippen LogP contribution in [0.5, 0.6) is 5.75 Å². The Balaban J connectivity index is 1.37. The van der Waals surface area contributed by atoms with Crippen LogP contribution in [0.15, 0.2) is 42.5 Å². The van der Waals surface area contributed by atoms with Crippen LogP contribution in [0.25, 0.3) is 10.1 Å². The molecule has 2 heterocycles. The zero-order chi connectivity index (χ0) is 23.5. The van der Waals surface area contributed by atoms with Gasteiger partial charge < -0.3 is 15.0 Å². The van der Waals surface area contributed by atoms with E-state index in [0.29, 0.717) is 57.6 Å². The highest BCUT2D eigenvalue weighted by atomic mass is 35.5. The van der Waals surface area contributed by atoms with Crippen molar-refractivity contribution < 1.29 is 19.2 Å². The number of amides is 2. The van der Waals surface area contributed by atoms with E-state index in [0.717, 1.165) is 11.3 Å². The summed E-state index contributed by atoms with van der Waals surface area (Å²) in [5.41, 5.74) is 0.567. The van der Waals surface area contributed by atoms with Crippen molar-refractivity contribution in [2.45, 2.75) is 0 Å². The molecule has 0 spiro atoms. The number of para-hydroxylation sites is 2. The Kier molecular flexibility index (Phi) is 6.77. The number of methoxy groups -OCH3 is 1. The van der Waals surface area contributed by atoms with Gasteiger partial charge in [0.15, 0.2) is 0 Å². The van der Waals surface area contributed by atoms with E-state index in [9.17, 15) is 19.7 Å². The van der Waals surface area contributed by atoms with Crippen LogP contribution in [0.2, 0.25) is 5.02 Å². The predicted molar refractivity (Wildman–Crippen MR) is 127 cm³/mol. The first-order chi connectivity index (χ1) is 15.9. The van der Waals surface area contributed by atoms with Gasteiger partial charge in [0, 0.05) is 48.4 Å². The number of halogens is 1. The van der Waals surface area contributed by atoms with Gasteiger partial charge in [-0.15, -0.1) is 11.3 Å². The molecule has 1 N–H and O–H groups in total. The van der Waals surface area contributed by atoms with Crippen molar-refractivity contribution in [1.82, 2.24) is 9.80 Å². The fourth-order valence-electron chi connectivity index (χ4n) is 3.70. The largest absolute Gasteiger partial charge is 0.495 e. The number of nitrogens with zero attached hydrogens (tertiary/aromatic N) is 3. The highest BCUT2D eigenvalue weighted by Crippen LogP contribution is 2.38. The van der Waals surface area contributed by atoms with Gasteiger partial charge in [-0.2, -0.15) is 0 Å². The number of piperazine rings is 1. The number of nitro benzene ring substituents is 1. The van der Waals surface area contributed by atoms with Crippen molar-refractivity contribution in [3.63, 3.8) is 0 Å². The molecule has 2 amide bonds. The van der Waals surface area contributed by atoms with Gasteiger partial charge in [-0.1, -0.05) is 23.7 Å². The number of benzene rings is 2.